The van der Waals surface area contributed by atoms with Gasteiger partial charge in [0.25, 0.3) is 0 Å². The summed E-state index contributed by atoms with van der Waals surface area (Å²) in [6.07, 6.45) is 22.2. The standard InChI is InChI=1S/C20H22N6O.C19H19N7O.C19H20N6O2S.C18H19N7O/c1-12(20(27)25(2)3)10-26-11-16-18(24-26)15-5-4-13(14-6-7-22-9-14)8-17(15)23-19(16)21;20-19-18-14(10-26(24-18)11-17(27)25-7-1-2-8-25)13-4-3-12(9-16(13)22-19)15-5-6-21-23-15;20-19-16-11-25(8-7-22-28(26,27)14-2-3-14)24-18(16)15-4-1-12(9-17(15)23-19)13-5-6-21-10-13;1-10(18(26)20-2)8-25-9-13-16(24-25)12-4-3-11(14-5-6-21-23-14)7-15(12)22-17(13)19/h4-8,11-12H,9-10H2,1-3H3,(H2,21,23);3-6,9-10H,1-2,7-8,11H2,(H2,20,22)(H,21,23);1,4-6,9,11,14,22H,2-3,7-8,10H2,(H2,20,23);3-7,9-10H,8H2,1-2H3,(H2,19,22)(H,20,26)(H,21,23). The van der Waals surface area contributed by atoms with Crippen LogP contribution < -0.4 is 33.0 Å². The van der Waals surface area contributed by atoms with Gasteiger partial charge in [0, 0.05) is 128 Å². The van der Waals surface area contributed by atoms with Gasteiger partial charge in [0.05, 0.1) is 99.4 Å². The number of aliphatic imine (C=N–C) groups is 2. The normalized spacial score (nSPS) is 14.7. The summed E-state index contributed by atoms with van der Waals surface area (Å²) >= 11 is 0. The number of carbonyl (C=O) groups excluding carboxylic acids is 3. The molecule has 31 nitrogen and oxygen atoms in total. The number of fused-ring (bicyclic) bond motifs is 12. The molecular weight excluding hydrogens is 1390 g/mol. The van der Waals surface area contributed by atoms with Crippen molar-refractivity contribution in [1.29, 1.82) is 0 Å². The first-order valence-electron chi connectivity index (χ1n) is 35.5. The van der Waals surface area contributed by atoms with E-state index in [4.69, 9.17) is 28.0 Å². The van der Waals surface area contributed by atoms with E-state index in [9.17, 15) is 22.8 Å². The van der Waals surface area contributed by atoms with E-state index in [2.05, 4.69) is 81.7 Å². The van der Waals surface area contributed by atoms with Crippen molar-refractivity contribution in [3.05, 3.63) is 145 Å². The largest absolute Gasteiger partial charge is 0.383 e. The molecule has 18 rings (SSSR count). The van der Waals surface area contributed by atoms with Crippen molar-refractivity contribution in [3.8, 4) is 22.5 Å². The molecule has 550 valence electrons. The molecule has 0 bridgehead atoms. The van der Waals surface area contributed by atoms with Crippen molar-refractivity contribution in [2.75, 3.05) is 76.8 Å². The topological polar surface area (TPSA) is 425 Å². The van der Waals surface area contributed by atoms with E-state index in [1.54, 1.807) is 57.2 Å². The number of H-pyrrole nitrogens is 2. The number of benzene rings is 4. The SMILES string of the molecule is CC(Cn1cc2c(N)nc3cc(C4=CC=NC4)ccc3c2n1)C(=O)N(C)C.CNC(=O)C(C)Cn1cc2c(N)nc3cc(-c4ccn[nH]4)ccc3c2n1.Nc1nc2cc(-c3ccn[nH]3)ccc2c2cn(CC(=O)N3CCCC3)nc12.Nc1nc2cc(C3=CC=NC3)ccc2c2nn(CCNS(=O)(=O)C3CC3)cc12. The molecule has 13 heterocycles. The van der Waals surface area contributed by atoms with Gasteiger partial charge in [0.2, 0.25) is 27.7 Å². The second-order valence-electron chi connectivity index (χ2n) is 27.6. The van der Waals surface area contributed by atoms with E-state index < -0.39 is 10.0 Å². The van der Waals surface area contributed by atoms with E-state index in [0.29, 0.717) is 68.1 Å². The average molecular weight is 1470 g/mol. The van der Waals surface area contributed by atoms with E-state index in [1.165, 1.54) is 5.57 Å². The predicted octanol–water partition coefficient (Wildman–Crippen LogP) is 8.19. The fourth-order valence-corrected chi connectivity index (χ4v) is 15.1. The minimum Gasteiger partial charge on any atom is -0.383 e. The number of hydrogen-bond acceptors (Lipinski definition) is 21. The number of aromatic nitrogens is 16. The summed E-state index contributed by atoms with van der Waals surface area (Å²) in [5.41, 5.74) is 39.1. The minimum absolute atomic E-state index is 0.0234. The highest BCUT2D eigenvalue weighted by molar-refractivity contribution is 7.90. The van der Waals surface area contributed by atoms with Crippen LogP contribution in [0.1, 0.15) is 50.7 Å². The van der Waals surface area contributed by atoms with Gasteiger partial charge in [-0.25, -0.2) is 33.1 Å². The number of aromatic amines is 2. The minimum atomic E-state index is -3.19. The van der Waals surface area contributed by atoms with Crippen LogP contribution in [-0.4, -0.2) is 187 Å². The summed E-state index contributed by atoms with van der Waals surface area (Å²) in [5.74, 6) is 1.44. The van der Waals surface area contributed by atoms with E-state index in [-0.39, 0.29) is 41.4 Å². The lowest BCUT2D eigenvalue weighted by molar-refractivity contribution is -0.133. The Kier molecular flexibility index (Phi) is 19.4. The van der Waals surface area contributed by atoms with Gasteiger partial charge in [-0.2, -0.15) is 30.6 Å². The van der Waals surface area contributed by atoms with Gasteiger partial charge in [0.1, 0.15) is 46.1 Å². The molecule has 2 unspecified atom stereocenters. The molecule has 4 aromatic carbocycles. The van der Waals surface area contributed by atoms with E-state index in [0.717, 1.165) is 160 Å². The van der Waals surface area contributed by atoms with Gasteiger partial charge in [0.15, 0.2) is 5.82 Å². The van der Waals surface area contributed by atoms with Crippen molar-refractivity contribution in [3.63, 3.8) is 0 Å². The molecule has 2 fully saturated rings. The maximum absolute atomic E-state index is 12.4. The first-order chi connectivity index (χ1) is 52.2. The number of anilines is 4. The predicted molar refractivity (Wildman–Crippen MR) is 422 cm³/mol. The number of rotatable bonds is 17. The number of pyridine rings is 4. The van der Waals surface area contributed by atoms with Crippen LogP contribution >= 0.6 is 0 Å². The van der Waals surface area contributed by atoms with Gasteiger partial charge in [-0.05, 0) is 115 Å². The smallest absolute Gasteiger partial charge is 0.244 e. The van der Waals surface area contributed by atoms with Crippen molar-refractivity contribution in [2.45, 2.75) is 71.0 Å². The Balaban J connectivity index is 0.000000115. The lowest BCUT2D eigenvalue weighted by Gasteiger charge is -2.16. The number of amides is 3. The molecule has 0 spiro atoms. The van der Waals surface area contributed by atoms with Crippen molar-refractivity contribution >= 4 is 162 Å². The lowest BCUT2D eigenvalue weighted by atomic mass is 10.0. The molecule has 2 atom stereocenters. The van der Waals surface area contributed by atoms with Crippen LogP contribution in [0.15, 0.2) is 144 Å². The summed E-state index contributed by atoms with van der Waals surface area (Å²) in [7, 11) is 1.96. The van der Waals surface area contributed by atoms with Gasteiger partial charge in [-0.3, -0.25) is 53.3 Å². The molecule has 10 aromatic heterocycles. The summed E-state index contributed by atoms with van der Waals surface area (Å²) in [6.45, 7) is 8.73. The number of sulfonamides is 1. The second kappa shape index (κ2) is 29.6. The highest BCUT2D eigenvalue weighted by Crippen LogP contribution is 2.36. The van der Waals surface area contributed by atoms with E-state index in [1.807, 2.05) is 147 Å². The van der Waals surface area contributed by atoms with E-state index >= 15 is 0 Å². The van der Waals surface area contributed by atoms with Crippen LogP contribution in [0.5, 0.6) is 0 Å². The monoisotopic (exact) mass is 1470 g/mol. The number of allylic oxidation sites excluding steroid dienone is 2. The van der Waals surface area contributed by atoms with Gasteiger partial charge >= 0.3 is 0 Å². The van der Waals surface area contributed by atoms with Gasteiger partial charge < -0.3 is 38.1 Å². The Labute approximate surface area is 618 Å². The maximum atomic E-state index is 12.4. The Hall–Kier alpha value is -12.8. The molecule has 32 heteroatoms. The first-order valence-corrected chi connectivity index (χ1v) is 37.1. The first kappa shape index (κ1) is 70.8. The zero-order chi connectivity index (χ0) is 75.1. The third kappa shape index (κ3) is 14.7. The number of nitrogens with two attached hydrogens (primary N) is 4. The van der Waals surface area contributed by atoms with Crippen LogP contribution in [0.25, 0.3) is 121 Å². The average Bonchev–Trinajstić information content (AvgIpc) is 1.59. The third-order valence-corrected chi connectivity index (χ3v) is 21.6. The third-order valence-electron chi connectivity index (χ3n) is 19.6. The molecule has 3 amide bonds. The molecule has 4 aliphatic rings. The highest BCUT2D eigenvalue weighted by Gasteiger charge is 2.35. The molecule has 1 aliphatic carbocycles. The molecule has 12 N–H and O–H groups in total. The fraction of sp³-hybridized carbons (Fsp3) is 0.276. The number of likely N-dealkylation sites (tertiary alicyclic amines) is 1. The Morgan fingerprint density at radius 2 is 0.991 bits per heavy atom. The zero-order valence-corrected chi connectivity index (χ0v) is 60.9. The summed E-state index contributed by atoms with van der Waals surface area (Å²) in [5, 5.41) is 41.8. The van der Waals surface area contributed by atoms with Crippen LogP contribution in [-0.2, 0) is 50.6 Å². The van der Waals surface area contributed by atoms with Crippen LogP contribution in [0.3, 0.4) is 0 Å². The summed E-state index contributed by atoms with van der Waals surface area (Å²) < 4.78 is 33.5. The summed E-state index contributed by atoms with van der Waals surface area (Å²) in [6, 6.07) is 27.9. The number of nitrogens with zero attached hydrogens (tertiary/aromatic N) is 18. The molecule has 3 aliphatic heterocycles. The number of hydrogen-bond donors (Lipinski definition) is 8. The van der Waals surface area contributed by atoms with Gasteiger partial charge in [-0.1, -0.05) is 44.2 Å². The highest BCUT2D eigenvalue weighted by atomic mass is 32.2. The molecule has 108 heavy (non-hydrogen) atoms. The molecule has 0 radical (unpaired) electrons. The van der Waals surface area contributed by atoms with Crippen molar-refractivity contribution in [1.82, 2.24) is 99.3 Å². The number of carbonyl (C=O) groups is 3. The fourth-order valence-electron chi connectivity index (χ4n) is 13.7. The molecule has 14 aromatic rings. The maximum Gasteiger partial charge on any atom is 0.244 e. The Morgan fingerprint density at radius 3 is 1.46 bits per heavy atom. The van der Waals surface area contributed by atoms with Gasteiger partial charge in [-0.15, -0.1) is 0 Å². The zero-order valence-electron chi connectivity index (χ0n) is 60.1. The summed E-state index contributed by atoms with van der Waals surface area (Å²) in [4.78, 5) is 66.4. The quantitative estimate of drug-likeness (QED) is 0.0425. The van der Waals surface area contributed by atoms with Crippen molar-refractivity contribution in [2.24, 2.45) is 21.8 Å². The van der Waals surface area contributed by atoms with Crippen LogP contribution in [0.2, 0.25) is 0 Å². The second-order valence-corrected chi connectivity index (χ2v) is 29.6. The molecule has 1 saturated carbocycles. The van der Waals surface area contributed by atoms with Crippen molar-refractivity contribution < 1.29 is 22.8 Å². The molecule has 1 saturated heterocycles. The van der Waals surface area contributed by atoms with Crippen LogP contribution in [0, 0.1) is 11.8 Å². The number of nitrogen functional groups attached to an aromatic ring is 4. The lowest BCUT2D eigenvalue weighted by Crippen LogP contribution is -2.31. The Bertz CT molecular complexity index is 6080. The Morgan fingerprint density at radius 1 is 0.546 bits per heavy atom. The molecular formula is C76H80N26O5S. The number of nitrogens with one attached hydrogen (secondary N) is 4. The van der Waals surface area contributed by atoms with Crippen LogP contribution in [0.4, 0.5) is 23.3 Å².